The number of rotatable bonds is 5. The SMILES string of the molecule is CC(C)c1ccc(NC(=O)c2ccc(Cl)c(S(=O)(=O)N3CCOCC3)c2)cc1. The molecular weight excluding hydrogens is 400 g/mol. The molecule has 1 N–H and O–H groups in total. The standard InChI is InChI=1S/C20H23ClN2O4S/c1-14(2)15-3-6-17(7-4-15)22-20(24)16-5-8-18(21)19(13-16)28(25,26)23-9-11-27-12-10-23/h3-8,13-14H,9-12H2,1-2H3,(H,22,24). The first kappa shape index (κ1) is 20.8. The summed E-state index contributed by atoms with van der Waals surface area (Å²) in [6.07, 6.45) is 0. The molecule has 1 aliphatic heterocycles. The summed E-state index contributed by atoms with van der Waals surface area (Å²) in [5.74, 6) is 0.00126. The summed E-state index contributed by atoms with van der Waals surface area (Å²) in [6.45, 7) is 5.39. The van der Waals surface area contributed by atoms with Crippen LogP contribution in [0.4, 0.5) is 5.69 Å². The summed E-state index contributed by atoms with van der Waals surface area (Å²) in [7, 11) is -3.80. The molecule has 0 aromatic heterocycles. The van der Waals surface area contributed by atoms with Gasteiger partial charge in [0.15, 0.2) is 0 Å². The Labute approximate surface area is 170 Å². The number of carbonyl (C=O) groups excluding carboxylic acids is 1. The quantitative estimate of drug-likeness (QED) is 0.796. The molecule has 1 saturated heterocycles. The second-order valence-corrected chi connectivity index (χ2v) is 9.21. The molecule has 1 amide bonds. The van der Waals surface area contributed by atoms with E-state index in [-0.39, 0.29) is 28.6 Å². The Morgan fingerprint density at radius 2 is 1.75 bits per heavy atom. The number of ether oxygens (including phenoxy) is 1. The summed E-state index contributed by atoms with van der Waals surface area (Å²) in [5.41, 5.74) is 2.04. The predicted molar refractivity (Wildman–Crippen MR) is 110 cm³/mol. The van der Waals surface area contributed by atoms with Gasteiger partial charge in [-0.15, -0.1) is 0 Å². The average molecular weight is 423 g/mol. The summed E-state index contributed by atoms with van der Waals surface area (Å²) < 4.78 is 32.3. The summed E-state index contributed by atoms with van der Waals surface area (Å²) in [5, 5.41) is 2.88. The summed E-state index contributed by atoms with van der Waals surface area (Å²) >= 11 is 6.14. The number of amides is 1. The van der Waals surface area contributed by atoms with Crippen molar-refractivity contribution >= 4 is 33.2 Å². The van der Waals surface area contributed by atoms with Gasteiger partial charge >= 0.3 is 0 Å². The van der Waals surface area contributed by atoms with E-state index < -0.39 is 15.9 Å². The second kappa shape index (κ2) is 8.61. The highest BCUT2D eigenvalue weighted by atomic mass is 35.5. The summed E-state index contributed by atoms with van der Waals surface area (Å²) in [6, 6.07) is 11.8. The smallest absolute Gasteiger partial charge is 0.255 e. The van der Waals surface area contributed by atoms with Crippen molar-refractivity contribution in [1.29, 1.82) is 0 Å². The number of nitrogens with zero attached hydrogens (tertiary/aromatic N) is 1. The zero-order valence-corrected chi connectivity index (χ0v) is 17.4. The van der Waals surface area contributed by atoms with Crippen molar-refractivity contribution in [1.82, 2.24) is 4.31 Å². The number of hydrogen-bond donors (Lipinski definition) is 1. The molecule has 28 heavy (non-hydrogen) atoms. The minimum absolute atomic E-state index is 0.0705. The highest BCUT2D eigenvalue weighted by molar-refractivity contribution is 7.89. The number of anilines is 1. The van der Waals surface area contributed by atoms with Gasteiger partial charge in [-0.2, -0.15) is 4.31 Å². The van der Waals surface area contributed by atoms with Crippen LogP contribution in [-0.2, 0) is 14.8 Å². The third kappa shape index (κ3) is 4.55. The topological polar surface area (TPSA) is 75.7 Å². The van der Waals surface area contributed by atoms with E-state index in [0.717, 1.165) is 0 Å². The normalized spacial score (nSPS) is 15.6. The molecule has 0 atom stereocenters. The maximum atomic E-state index is 12.9. The van der Waals surface area contributed by atoms with Crippen LogP contribution in [0, 0.1) is 0 Å². The lowest BCUT2D eigenvalue weighted by Crippen LogP contribution is -2.40. The molecule has 8 heteroatoms. The van der Waals surface area contributed by atoms with Gasteiger partial charge in [0.2, 0.25) is 10.0 Å². The van der Waals surface area contributed by atoms with Crippen LogP contribution in [0.15, 0.2) is 47.4 Å². The lowest BCUT2D eigenvalue weighted by molar-refractivity contribution is 0.0730. The fourth-order valence-electron chi connectivity index (χ4n) is 2.92. The van der Waals surface area contributed by atoms with Crippen LogP contribution in [0.5, 0.6) is 0 Å². The Morgan fingerprint density at radius 1 is 1.11 bits per heavy atom. The van der Waals surface area contributed by atoms with Crippen molar-refractivity contribution in [2.75, 3.05) is 31.6 Å². The molecule has 6 nitrogen and oxygen atoms in total. The highest BCUT2D eigenvalue weighted by Gasteiger charge is 2.29. The van der Waals surface area contributed by atoms with Gasteiger partial charge in [0.05, 0.1) is 18.2 Å². The molecule has 0 bridgehead atoms. The fourth-order valence-corrected chi connectivity index (χ4v) is 4.83. The average Bonchev–Trinajstić information content (AvgIpc) is 2.69. The zero-order valence-electron chi connectivity index (χ0n) is 15.8. The zero-order chi connectivity index (χ0) is 20.3. The molecule has 0 unspecified atom stereocenters. The van der Waals surface area contributed by atoms with Crippen LogP contribution in [0.2, 0.25) is 5.02 Å². The minimum Gasteiger partial charge on any atom is -0.379 e. The monoisotopic (exact) mass is 422 g/mol. The van der Waals surface area contributed by atoms with E-state index in [2.05, 4.69) is 19.2 Å². The molecule has 0 spiro atoms. The van der Waals surface area contributed by atoms with Gasteiger partial charge in [0.1, 0.15) is 4.90 Å². The fraction of sp³-hybridized carbons (Fsp3) is 0.350. The van der Waals surface area contributed by atoms with Crippen molar-refractivity contribution in [3.63, 3.8) is 0 Å². The van der Waals surface area contributed by atoms with Gasteiger partial charge in [-0.05, 0) is 41.8 Å². The van der Waals surface area contributed by atoms with Gasteiger partial charge in [-0.1, -0.05) is 37.6 Å². The van der Waals surface area contributed by atoms with Crippen LogP contribution in [0.1, 0.15) is 35.7 Å². The number of hydrogen-bond acceptors (Lipinski definition) is 4. The maximum absolute atomic E-state index is 12.9. The van der Waals surface area contributed by atoms with Crippen molar-refractivity contribution in [2.24, 2.45) is 0 Å². The first-order valence-electron chi connectivity index (χ1n) is 9.08. The van der Waals surface area contributed by atoms with E-state index in [1.54, 1.807) is 0 Å². The lowest BCUT2D eigenvalue weighted by atomic mass is 10.0. The predicted octanol–water partition coefficient (Wildman–Crippen LogP) is 3.74. The van der Waals surface area contributed by atoms with E-state index in [4.69, 9.17) is 16.3 Å². The Hall–Kier alpha value is -1.93. The summed E-state index contributed by atoms with van der Waals surface area (Å²) in [4.78, 5) is 12.5. The number of morpholine rings is 1. The third-order valence-corrected chi connectivity index (χ3v) is 7.00. The molecule has 0 saturated carbocycles. The van der Waals surface area contributed by atoms with Crippen LogP contribution in [0.3, 0.4) is 0 Å². The van der Waals surface area contributed by atoms with Crippen LogP contribution < -0.4 is 5.32 Å². The van der Waals surface area contributed by atoms with Gasteiger partial charge < -0.3 is 10.1 Å². The molecule has 1 heterocycles. The van der Waals surface area contributed by atoms with E-state index in [9.17, 15) is 13.2 Å². The Morgan fingerprint density at radius 3 is 2.36 bits per heavy atom. The van der Waals surface area contributed by atoms with Crippen LogP contribution >= 0.6 is 11.6 Å². The number of benzene rings is 2. The van der Waals surface area contributed by atoms with Gasteiger partial charge in [-0.25, -0.2) is 8.42 Å². The van der Waals surface area contributed by atoms with E-state index in [1.807, 2.05) is 24.3 Å². The second-order valence-electron chi connectivity index (χ2n) is 6.89. The first-order valence-corrected chi connectivity index (χ1v) is 10.9. The van der Waals surface area contributed by atoms with Crippen LogP contribution in [0.25, 0.3) is 0 Å². The number of sulfonamides is 1. The third-order valence-electron chi connectivity index (χ3n) is 4.62. The van der Waals surface area contributed by atoms with E-state index in [0.29, 0.717) is 24.8 Å². The molecule has 0 aliphatic carbocycles. The van der Waals surface area contributed by atoms with Crippen molar-refractivity contribution in [3.8, 4) is 0 Å². The Balaban J connectivity index is 1.83. The van der Waals surface area contributed by atoms with E-state index in [1.165, 1.54) is 28.1 Å². The molecule has 2 aromatic carbocycles. The Bertz CT molecular complexity index is 953. The Kier molecular flexibility index (Phi) is 6.40. The molecule has 3 rings (SSSR count). The molecule has 0 radical (unpaired) electrons. The molecular formula is C20H23ClN2O4S. The number of halogens is 1. The van der Waals surface area contributed by atoms with Crippen molar-refractivity contribution in [3.05, 3.63) is 58.6 Å². The largest absolute Gasteiger partial charge is 0.379 e. The number of carbonyl (C=O) groups is 1. The lowest BCUT2D eigenvalue weighted by Gasteiger charge is -2.26. The molecule has 150 valence electrons. The van der Waals surface area contributed by atoms with Crippen molar-refractivity contribution in [2.45, 2.75) is 24.7 Å². The maximum Gasteiger partial charge on any atom is 0.255 e. The molecule has 2 aromatic rings. The van der Waals surface area contributed by atoms with Crippen LogP contribution in [-0.4, -0.2) is 44.9 Å². The first-order chi connectivity index (χ1) is 13.3. The highest BCUT2D eigenvalue weighted by Crippen LogP contribution is 2.27. The molecule has 1 aliphatic rings. The minimum atomic E-state index is -3.80. The van der Waals surface area contributed by atoms with Gasteiger partial charge in [-0.3, -0.25) is 4.79 Å². The van der Waals surface area contributed by atoms with Gasteiger partial charge in [0, 0.05) is 24.3 Å². The molecule has 1 fully saturated rings. The van der Waals surface area contributed by atoms with Gasteiger partial charge in [0.25, 0.3) is 5.91 Å². The van der Waals surface area contributed by atoms with E-state index >= 15 is 0 Å². The van der Waals surface area contributed by atoms with Crippen molar-refractivity contribution < 1.29 is 17.9 Å². The number of nitrogens with one attached hydrogen (secondary N) is 1.